The van der Waals surface area contributed by atoms with E-state index in [1.807, 2.05) is 37.3 Å². The average molecular weight is 349 g/mol. The Balaban J connectivity index is 2.07. The zero-order valence-corrected chi connectivity index (χ0v) is 15.3. The second-order valence-corrected chi connectivity index (χ2v) is 6.37. The molecule has 134 valence electrons. The van der Waals surface area contributed by atoms with Gasteiger partial charge < -0.3 is 5.32 Å². The highest BCUT2D eigenvalue weighted by molar-refractivity contribution is 6.11. The fourth-order valence-electron chi connectivity index (χ4n) is 3.06. The predicted molar refractivity (Wildman–Crippen MR) is 105 cm³/mol. The number of benzene rings is 2. The first kappa shape index (κ1) is 17.9. The van der Waals surface area contributed by atoms with Crippen LogP contribution in [-0.2, 0) is 6.54 Å². The number of para-hydroxylation sites is 1. The largest absolute Gasteiger partial charge is 0.320 e. The van der Waals surface area contributed by atoms with Crippen molar-refractivity contribution >= 4 is 22.4 Å². The lowest BCUT2D eigenvalue weighted by Crippen LogP contribution is -2.27. The third kappa shape index (κ3) is 3.25. The Labute approximate surface area is 152 Å². The van der Waals surface area contributed by atoms with Crippen molar-refractivity contribution in [2.75, 3.05) is 5.32 Å². The molecule has 5 heteroatoms. The first-order valence-electron chi connectivity index (χ1n) is 8.96. The van der Waals surface area contributed by atoms with Crippen LogP contribution in [0, 0.1) is 0 Å². The number of rotatable bonds is 5. The molecule has 0 radical (unpaired) electrons. The van der Waals surface area contributed by atoms with Crippen LogP contribution < -0.4 is 10.9 Å². The minimum atomic E-state index is -0.306. The topological polar surface area (TPSA) is 64.0 Å². The van der Waals surface area contributed by atoms with Gasteiger partial charge in [0.1, 0.15) is 0 Å². The molecule has 26 heavy (non-hydrogen) atoms. The first-order chi connectivity index (χ1) is 12.6. The molecule has 1 aromatic heterocycles. The molecule has 2 aromatic carbocycles. The number of amides is 1. The van der Waals surface area contributed by atoms with Crippen molar-refractivity contribution in [1.29, 1.82) is 0 Å². The van der Waals surface area contributed by atoms with Crippen molar-refractivity contribution in [2.24, 2.45) is 0 Å². The van der Waals surface area contributed by atoms with Gasteiger partial charge in [-0.3, -0.25) is 9.59 Å². The molecule has 1 atom stereocenters. The summed E-state index contributed by atoms with van der Waals surface area (Å²) in [5.41, 5.74) is 1.96. The van der Waals surface area contributed by atoms with E-state index in [0.717, 1.165) is 17.7 Å². The fourth-order valence-corrected chi connectivity index (χ4v) is 3.06. The molecule has 1 heterocycles. The van der Waals surface area contributed by atoms with Crippen molar-refractivity contribution in [3.8, 4) is 0 Å². The van der Waals surface area contributed by atoms with Gasteiger partial charge in [0.25, 0.3) is 11.5 Å². The van der Waals surface area contributed by atoms with Crippen LogP contribution in [0.15, 0.2) is 53.3 Å². The lowest BCUT2D eigenvalue weighted by molar-refractivity contribution is 0.102. The van der Waals surface area contributed by atoms with E-state index in [0.29, 0.717) is 23.2 Å². The number of nitrogens with one attached hydrogen (secondary N) is 1. The summed E-state index contributed by atoms with van der Waals surface area (Å²) in [6.45, 7) is 6.50. The Morgan fingerprint density at radius 1 is 1.08 bits per heavy atom. The van der Waals surface area contributed by atoms with Gasteiger partial charge in [-0.25, -0.2) is 4.68 Å². The number of carbonyl (C=O) groups excluding carboxylic acids is 1. The minimum absolute atomic E-state index is 0.181. The third-order valence-corrected chi connectivity index (χ3v) is 4.73. The van der Waals surface area contributed by atoms with Crippen LogP contribution in [-0.4, -0.2) is 15.7 Å². The quantitative estimate of drug-likeness (QED) is 0.751. The van der Waals surface area contributed by atoms with Crippen LogP contribution in [0.5, 0.6) is 0 Å². The molecule has 0 saturated carbocycles. The maximum Gasteiger partial charge on any atom is 0.276 e. The summed E-state index contributed by atoms with van der Waals surface area (Å²) in [6.07, 6.45) is 0.981. The Morgan fingerprint density at radius 3 is 2.42 bits per heavy atom. The summed E-state index contributed by atoms with van der Waals surface area (Å²) >= 11 is 0. The highest BCUT2D eigenvalue weighted by Gasteiger charge is 2.18. The molecule has 5 nitrogen and oxygen atoms in total. The Hall–Kier alpha value is -2.95. The molecule has 0 aliphatic heterocycles. The number of hydrogen-bond acceptors (Lipinski definition) is 3. The van der Waals surface area contributed by atoms with E-state index >= 15 is 0 Å². The maximum atomic E-state index is 13.0. The van der Waals surface area contributed by atoms with Gasteiger partial charge in [-0.2, -0.15) is 5.10 Å². The van der Waals surface area contributed by atoms with Crippen LogP contribution in [0.2, 0.25) is 0 Å². The van der Waals surface area contributed by atoms with Gasteiger partial charge in [-0.15, -0.1) is 0 Å². The molecule has 3 rings (SSSR count). The van der Waals surface area contributed by atoms with Crippen molar-refractivity contribution in [3.05, 3.63) is 70.1 Å². The molecule has 0 spiro atoms. The number of fused-ring (bicyclic) bond motifs is 1. The van der Waals surface area contributed by atoms with Crippen molar-refractivity contribution in [3.63, 3.8) is 0 Å². The monoisotopic (exact) mass is 349 g/mol. The first-order valence-corrected chi connectivity index (χ1v) is 8.96. The lowest BCUT2D eigenvalue weighted by atomic mass is 9.97. The maximum absolute atomic E-state index is 13.0. The van der Waals surface area contributed by atoms with Crippen LogP contribution in [0.25, 0.3) is 10.8 Å². The lowest BCUT2D eigenvalue weighted by Gasteiger charge is -2.16. The number of hydrogen-bond donors (Lipinski definition) is 1. The zero-order chi connectivity index (χ0) is 18.7. The highest BCUT2D eigenvalue weighted by Crippen LogP contribution is 2.27. The summed E-state index contributed by atoms with van der Waals surface area (Å²) in [5.74, 6) is 0.0277. The molecule has 1 N–H and O–H groups in total. The van der Waals surface area contributed by atoms with Crippen LogP contribution in [0.1, 0.15) is 49.2 Å². The molecule has 0 unspecified atom stereocenters. The molecule has 3 aromatic rings. The number of carbonyl (C=O) groups is 1. The number of aryl methyl sites for hydroxylation is 1. The van der Waals surface area contributed by atoms with Crippen LogP contribution in [0.3, 0.4) is 0 Å². The SMILES string of the molecule is CC[C@H](C)c1ccccc1NC(=O)c1nn(CC)c(=O)c2ccccc12. The predicted octanol–water partition coefficient (Wildman–Crippen LogP) is 4.18. The van der Waals surface area contributed by atoms with Gasteiger partial charge in [0.15, 0.2) is 5.69 Å². The average Bonchev–Trinajstić information content (AvgIpc) is 2.68. The third-order valence-electron chi connectivity index (χ3n) is 4.73. The summed E-state index contributed by atoms with van der Waals surface area (Å²) in [7, 11) is 0. The van der Waals surface area contributed by atoms with Gasteiger partial charge in [-0.1, -0.05) is 50.2 Å². The summed E-state index contributed by atoms with van der Waals surface area (Å²) in [6, 6.07) is 14.9. The number of anilines is 1. The van der Waals surface area contributed by atoms with Gasteiger partial charge in [0.2, 0.25) is 0 Å². The van der Waals surface area contributed by atoms with E-state index in [1.165, 1.54) is 4.68 Å². The molecule has 0 aliphatic carbocycles. The van der Waals surface area contributed by atoms with E-state index in [1.54, 1.807) is 18.2 Å². The summed E-state index contributed by atoms with van der Waals surface area (Å²) in [4.78, 5) is 25.4. The van der Waals surface area contributed by atoms with Crippen molar-refractivity contribution in [1.82, 2.24) is 9.78 Å². The zero-order valence-electron chi connectivity index (χ0n) is 15.3. The normalized spacial score (nSPS) is 12.1. The van der Waals surface area contributed by atoms with Crippen LogP contribution >= 0.6 is 0 Å². The minimum Gasteiger partial charge on any atom is -0.320 e. The van der Waals surface area contributed by atoms with Gasteiger partial charge >= 0.3 is 0 Å². The molecular formula is C21H23N3O2. The van der Waals surface area contributed by atoms with Crippen LogP contribution in [0.4, 0.5) is 5.69 Å². The second kappa shape index (κ2) is 7.52. The Kier molecular flexibility index (Phi) is 5.16. The summed E-state index contributed by atoms with van der Waals surface area (Å²) in [5, 5.41) is 8.36. The Morgan fingerprint density at radius 2 is 1.73 bits per heavy atom. The van der Waals surface area contributed by atoms with Crippen molar-refractivity contribution in [2.45, 2.75) is 39.7 Å². The molecule has 1 amide bonds. The molecule has 0 saturated heterocycles. The molecule has 0 fully saturated rings. The smallest absolute Gasteiger partial charge is 0.276 e. The van der Waals surface area contributed by atoms with Gasteiger partial charge in [0.05, 0.1) is 5.39 Å². The number of nitrogens with zero attached hydrogens (tertiary/aromatic N) is 2. The molecular weight excluding hydrogens is 326 g/mol. The van der Waals surface area contributed by atoms with E-state index in [4.69, 9.17) is 0 Å². The van der Waals surface area contributed by atoms with E-state index in [2.05, 4.69) is 24.3 Å². The van der Waals surface area contributed by atoms with E-state index < -0.39 is 0 Å². The standard InChI is InChI=1S/C21H23N3O2/c1-4-14(3)15-10-8-9-13-18(15)22-20(25)19-16-11-6-7-12-17(16)21(26)24(5-2)23-19/h6-14H,4-5H2,1-3H3,(H,22,25)/t14-/m0/s1. The van der Waals surface area contributed by atoms with E-state index in [9.17, 15) is 9.59 Å². The number of aromatic nitrogens is 2. The van der Waals surface area contributed by atoms with Gasteiger partial charge in [-0.05, 0) is 37.0 Å². The van der Waals surface area contributed by atoms with E-state index in [-0.39, 0.29) is 17.2 Å². The Bertz CT molecular complexity index is 1010. The van der Waals surface area contributed by atoms with Crippen molar-refractivity contribution < 1.29 is 4.79 Å². The second-order valence-electron chi connectivity index (χ2n) is 6.37. The molecule has 0 bridgehead atoms. The highest BCUT2D eigenvalue weighted by atomic mass is 16.2. The van der Waals surface area contributed by atoms with Gasteiger partial charge in [0, 0.05) is 17.6 Å². The summed E-state index contributed by atoms with van der Waals surface area (Å²) < 4.78 is 1.33. The fraction of sp³-hybridized carbons (Fsp3) is 0.286. The molecule has 0 aliphatic rings.